The summed E-state index contributed by atoms with van der Waals surface area (Å²) in [6, 6.07) is 22.5. The van der Waals surface area contributed by atoms with Crippen LogP contribution in [0.5, 0.6) is 5.88 Å². The molecule has 4 bridgehead atoms. The lowest BCUT2D eigenvalue weighted by Crippen LogP contribution is -2.42. The SMILES string of the molecule is Cc1cccc(C)c1-c1cc2nc(n1)NS(=O)(=O)c1cccc(c1)C(=O)N[C@H](COCc1ccccc1)CO2. The fourth-order valence-corrected chi connectivity index (χ4v) is 5.34. The molecule has 0 radical (unpaired) electrons. The van der Waals surface area contributed by atoms with Crippen LogP contribution in [0.15, 0.2) is 83.8 Å². The van der Waals surface area contributed by atoms with Crippen molar-refractivity contribution in [1.29, 1.82) is 0 Å². The van der Waals surface area contributed by atoms with Gasteiger partial charge in [0.2, 0.25) is 11.8 Å². The van der Waals surface area contributed by atoms with E-state index in [-0.39, 0.29) is 35.5 Å². The zero-order valence-electron chi connectivity index (χ0n) is 21.5. The molecule has 200 valence electrons. The first-order valence-corrected chi connectivity index (χ1v) is 13.9. The first kappa shape index (κ1) is 26.3. The third-order valence-electron chi connectivity index (χ3n) is 6.27. The molecule has 5 rings (SSSR count). The summed E-state index contributed by atoms with van der Waals surface area (Å²) in [4.78, 5) is 21.8. The Balaban J connectivity index is 1.51. The topological polar surface area (TPSA) is 120 Å². The summed E-state index contributed by atoms with van der Waals surface area (Å²) in [6.45, 7) is 4.48. The van der Waals surface area contributed by atoms with Crippen LogP contribution in [0, 0.1) is 13.8 Å². The normalized spacial score (nSPS) is 16.5. The highest BCUT2D eigenvalue weighted by Gasteiger charge is 2.23. The molecule has 0 saturated heterocycles. The molecule has 39 heavy (non-hydrogen) atoms. The fourth-order valence-electron chi connectivity index (χ4n) is 4.35. The molecule has 10 heteroatoms. The van der Waals surface area contributed by atoms with Gasteiger partial charge in [0, 0.05) is 17.2 Å². The highest BCUT2D eigenvalue weighted by Crippen LogP contribution is 2.29. The molecule has 1 aliphatic rings. The minimum atomic E-state index is -4.09. The van der Waals surface area contributed by atoms with Gasteiger partial charge in [-0.3, -0.25) is 4.79 Å². The average molecular weight is 545 g/mol. The van der Waals surface area contributed by atoms with Gasteiger partial charge in [0.05, 0.1) is 29.8 Å². The Labute approximate surface area is 227 Å². The van der Waals surface area contributed by atoms with Crippen LogP contribution in [0.3, 0.4) is 0 Å². The molecule has 0 spiro atoms. The molecule has 2 N–H and O–H groups in total. The maximum Gasteiger partial charge on any atom is 0.264 e. The van der Waals surface area contributed by atoms with Gasteiger partial charge in [0.25, 0.3) is 15.9 Å². The zero-order chi connectivity index (χ0) is 27.4. The number of rotatable bonds is 5. The molecule has 2 heterocycles. The quantitative estimate of drug-likeness (QED) is 0.385. The Hall–Kier alpha value is -4.28. The van der Waals surface area contributed by atoms with Crippen LogP contribution in [0.25, 0.3) is 11.3 Å². The summed E-state index contributed by atoms with van der Waals surface area (Å²) in [5.74, 6) is -0.420. The van der Waals surface area contributed by atoms with Crippen LogP contribution in [0.1, 0.15) is 27.0 Å². The summed E-state index contributed by atoms with van der Waals surface area (Å²) in [5.41, 5.74) is 4.49. The molecule has 0 unspecified atom stereocenters. The van der Waals surface area contributed by atoms with E-state index in [1.807, 2.05) is 62.4 Å². The minimum absolute atomic E-state index is 0.0373. The number of aromatic nitrogens is 2. The lowest BCUT2D eigenvalue weighted by molar-refractivity contribution is 0.0698. The van der Waals surface area contributed by atoms with Crippen molar-refractivity contribution in [3.05, 3.63) is 101 Å². The van der Waals surface area contributed by atoms with Crippen molar-refractivity contribution < 1.29 is 22.7 Å². The van der Waals surface area contributed by atoms with Crippen molar-refractivity contribution in [2.45, 2.75) is 31.4 Å². The van der Waals surface area contributed by atoms with Crippen molar-refractivity contribution in [2.24, 2.45) is 0 Å². The van der Waals surface area contributed by atoms with Crippen LogP contribution < -0.4 is 14.8 Å². The van der Waals surface area contributed by atoms with Gasteiger partial charge in [0.1, 0.15) is 6.61 Å². The van der Waals surface area contributed by atoms with Crippen molar-refractivity contribution >= 4 is 21.9 Å². The van der Waals surface area contributed by atoms with Gasteiger partial charge in [-0.15, -0.1) is 0 Å². The van der Waals surface area contributed by atoms with Gasteiger partial charge in [-0.1, -0.05) is 54.6 Å². The van der Waals surface area contributed by atoms with E-state index >= 15 is 0 Å². The molecule has 1 aromatic heterocycles. The Morgan fingerprint density at radius 2 is 1.69 bits per heavy atom. The van der Waals surface area contributed by atoms with E-state index in [2.05, 4.69) is 20.0 Å². The van der Waals surface area contributed by atoms with E-state index in [9.17, 15) is 13.2 Å². The highest BCUT2D eigenvalue weighted by atomic mass is 32.2. The molecule has 0 fully saturated rings. The molecular weight excluding hydrogens is 516 g/mol. The van der Waals surface area contributed by atoms with Crippen molar-refractivity contribution in [3.63, 3.8) is 0 Å². The number of carbonyl (C=O) groups is 1. The maximum atomic E-state index is 13.2. The maximum absolute atomic E-state index is 13.2. The number of sulfonamides is 1. The summed E-state index contributed by atoms with van der Waals surface area (Å²) in [7, 11) is -4.09. The number of amides is 1. The number of carbonyl (C=O) groups excluding carboxylic acids is 1. The number of hydrogen-bond donors (Lipinski definition) is 2. The summed E-state index contributed by atoms with van der Waals surface area (Å²) < 4.78 is 40.8. The molecule has 4 aromatic rings. The molecule has 1 atom stereocenters. The van der Waals surface area contributed by atoms with Gasteiger partial charge >= 0.3 is 0 Å². The zero-order valence-corrected chi connectivity index (χ0v) is 22.4. The Bertz CT molecular complexity index is 1590. The van der Waals surface area contributed by atoms with E-state index < -0.39 is 22.0 Å². The average Bonchev–Trinajstić information content (AvgIpc) is 2.91. The number of anilines is 1. The van der Waals surface area contributed by atoms with Crippen molar-refractivity contribution in [2.75, 3.05) is 17.9 Å². The van der Waals surface area contributed by atoms with E-state index in [4.69, 9.17) is 9.47 Å². The largest absolute Gasteiger partial charge is 0.475 e. The number of nitrogens with one attached hydrogen (secondary N) is 2. The van der Waals surface area contributed by atoms with Gasteiger partial charge in [-0.2, -0.15) is 4.98 Å². The standard InChI is InChI=1S/C29H28N4O5S/c1-19-8-6-9-20(2)27(19)25-15-26-32-29(31-25)33-39(35,36)24-13-7-12-22(14-24)28(34)30-23(18-38-26)17-37-16-21-10-4-3-5-11-21/h3-15,23H,16-18H2,1-2H3,(H,30,34)(H,31,32,33)/t23-/m1/s1. The predicted molar refractivity (Wildman–Crippen MR) is 147 cm³/mol. The van der Waals surface area contributed by atoms with Crippen molar-refractivity contribution in [1.82, 2.24) is 15.3 Å². The summed E-state index contributed by atoms with van der Waals surface area (Å²) in [5, 5.41) is 2.90. The van der Waals surface area contributed by atoms with Crippen LogP contribution in [-0.4, -0.2) is 43.5 Å². The number of hydrogen-bond acceptors (Lipinski definition) is 7. The number of ether oxygens (including phenoxy) is 2. The Morgan fingerprint density at radius 1 is 0.949 bits per heavy atom. The second-order valence-electron chi connectivity index (χ2n) is 9.30. The highest BCUT2D eigenvalue weighted by molar-refractivity contribution is 7.92. The Morgan fingerprint density at radius 3 is 2.46 bits per heavy atom. The Kier molecular flexibility index (Phi) is 7.58. The molecule has 0 saturated carbocycles. The van der Waals surface area contributed by atoms with E-state index in [0.717, 1.165) is 22.3 Å². The lowest BCUT2D eigenvalue weighted by Gasteiger charge is -2.20. The first-order chi connectivity index (χ1) is 18.8. The molecule has 1 amide bonds. The third kappa shape index (κ3) is 6.24. The summed E-state index contributed by atoms with van der Waals surface area (Å²) in [6.07, 6.45) is 0. The van der Waals surface area contributed by atoms with Crippen molar-refractivity contribution in [3.8, 4) is 17.1 Å². The number of benzene rings is 3. The van der Waals surface area contributed by atoms with E-state index in [1.54, 1.807) is 12.1 Å². The monoisotopic (exact) mass is 544 g/mol. The molecule has 0 aliphatic carbocycles. The van der Waals surface area contributed by atoms with Gasteiger partial charge in [-0.05, 0) is 48.7 Å². The number of nitrogens with zero attached hydrogens (tertiary/aromatic N) is 2. The minimum Gasteiger partial charge on any atom is -0.475 e. The van der Waals surface area contributed by atoms with E-state index in [1.165, 1.54) is 18.2 Å². The number of fused-ring (bicyclic) bond motifs is 4. The van der Waals surface area contributed by atoms with Crippen LogP contribution in [0.4, 0.5) is 5.95 Å². The molecular formula is C29H28N4O5S. The lowest BCUT2D eigenvalue weighted by atomic mass is 10.00. The third-order valence-corrected chi connectivity index (χ3v) is 7.60. The molecule has 9 nitrogen and oxygen atoms in total. The second kappa shape index (κ2) is 11.2. The predicted octanol–water partition coefficient (Wildman–Crippen LogP) is 4.27. The molecule has 3 aromatic carbocycles. The molecule has 1 aliphatic heterocycles. The van der Waals surface area contributed by atoms with E-state index in [0.29, 0.717) is 12.3 Å². The smallest absolute Gasteiger partial charge is 0.264 e. The fraction of sp³-hybridized carbons (Fsp3) is 0.207. The van der Waals surface area contributed by atoms with Gasteiger partial charge in [-0.25, -0.2) is 18.1 Å². The second-order valence-corrected chi connectivity index (χ2v) is 11.0. The summed E-state index contributed by atoms with van der Waals surface area (Å²) >= 11 is 0. The van der Waals surface area contributed by atoms with Crippen LogP contribution in [-0.2, 0) is 21.4 Å². The van der Waals surface area contributed by atoms with Gasteiger partial charge < -0.3 is 14.8 Å². The van der Waals surface area contributed by atoms with Gasteiger partial charge in [0.15, 0.2) is 0 Å². The number of aryl methyl sites for hydroxylation is 2. The van der Waals surface area contributed by atoms with Crippen LogP contribution in [0.2, 0.25) is 0 Å². The first-order valence-electron chi connectivity index (χ1n) is 12.4. The van der Waals surface area contributed by atoms with Crippen LogP contribution >= 0.6 is 0 Å².